The van der Waals surface area contributed by atoms with Crippen LogP contribution < -0.4 is 5.32 Å². The highest BCUT2D eigenvalue weighted by Gasteiger charge is 2.20. The average Bonchev–Trinajstić information content (AvgIpc) is 3.00. The number of nitrogens with zero attached hydrogens (tertiary/aromatic N) is 3. The van der Waals surface area contributed by atoms with Gasteiger partial charge in [0.1, 0.15) is 6.07 Å². The predicted octanol–water partition coefficient (Wildman–Crippen LogP) is 4.21. The largest absolute Gasteiger partial charge is 0.324 e. The molecule has 1 amide bonds. The van der Waals surface area contributed by atoms with Crippen molar-refractivity contribution in [2.45, 2.75) is 23.9 Å². The minimum absolute atomic E-state index is 0.171. The summed E-state index contributed by atoms with van der Waals surface area (Å²) in [4.78, 5) is 17.2. The molecule has 0 aliphatic carbocycles. The highest BCUT2D eigenvalue weighted by atomic mass is 32.2. The minimum atomic E-state index is -0.373. The van der Waals surface area contributed by atoms with Gasteiger partial charge in [0, 0.05) is 6.54 Å². The van der Waals surface area contributed by atoms with Crippen LogP contribution in [0.2, 0.25) is 0 Å². The first-order valence-corrected chi connectivity index (χ1v) is 9.05. The molecule has 0 fully saturated rings. The molecule has 0 bridgehead atoms. The molecule has 130 valence electrons. The first-order valence-electron chi connectivity index (χ1n) is 8.17. The maximum absolute atomic E-state index is 12.6. The van der Waals surface area contributed by atoms with Crippen molar-refractivity contribution >= 4 is 34.4 Å². The van der Waals surface area contributed by atoms with E-state index >= 15 is 0 Å². The Morgan fingerprint density at radius 3 is 2.85 bits per heavy atom. The molecule has 1 atom stereocenters. The molecule has 6 heteroatoms. The Kier molecular flexibility index (Phi) is 5.40. The molecule has 2 aromatic carbocycles. The maximum Gasteiger partial charge on any atom is 0.237 e. The van der Waals surface area contributed by atoms with Crippen molar-refractivity contribution in [1.29, 1.82) is 5.26 Å². The number of carbonyl (C=O) groups is 1. The molecular weight excluding hydrogens is 344 g/mol. The summed E-state index contributed by atoms with van der Waals surface area (Å²) in [7, 11) is 0. The normalized spacial score (nSPS) is 11.7. The van der Waals surface area contributed by atoms with E-state index in [1.165, 1.54) is 11.8 Å². The highest BCUT2D eigenvalue weighted by Crippen LogP contribution is 2.28. The van der Waals surface area contributed by atoms with E-state index in [-0.39, 0.29) is 11.2 Å². The van der Waals surface area contributed by atoms with Crippen molar-refractivity contribution in [3.63, 3.8) is 0 Å². The lowest BCUT2D eigenvalue weighted by atomic mass is 10.2. The van der Waals surface area contributed by atoms with Gasteiger partial charge in [0.25, 0.3) is 0 Å². The van der Waals surface area contributed by atoms with Gasteiger partial charge in [-0.2, -0.15) is 5.26 Å². The lowest BCUT2D eigenvalue weighted by Crippen LogP contribution is -2.23. The molecule has 0 saturated heterocycles. The van der Waals surface area contributed by atoms with E-state index in [0.717, 1.165) is 16.2 Å². The third-order valence-corrected chi connectivity index (χ3v) is 4.98. The molecular formula is C20H18N4OS. The van der Waals surface area contributed by atoms with Crippen molar-refractivity contribution < 1.29 is 4.79 Å². The van der Waals surface area contributed by atoms with E-state index in [1.54, 1.807) is 24.3 Å². The molecule has 0 aliphatic rings. The number of aromatic nitrogens is 2. The van der Waals surface area contributed by atoms with Crippen LogP contribution in [0, 0.1) is 11.3 Å². The van der Waals surface area contributed by atoms with Crippen molar-refractivity contribution in [3.05, 3.63) is 66.7 Å². The second-order valence-electron chi connectivity index (χ2n) is 5.69. The van der Waals surface area contributed by atoms with Crippen LogP contribution in [-0.2, 0) is 11.3 Å². The predicted molar refractivity (Wildman–Crippen MR) is 105 cm³/mol. The number of nitriles is 1. The zero-order chi connectivity index (χ0) is 18.5. The fraction of sp³-hybridized carbons (Fsp3) is 0.150. The second-order valence-corrected chi connectivity index (χ2v) is 7.00. The molecule has 26 heavy (non-hydrogen) atoms. The van der Waals surface area contributed by atoms with Gasteiger partial charge in [-0.1, -0.05) is 42.1 Å². The van der Waals surface area contributed by atoms with Gasteiger partial charge in [-0.3, -0.25) is 4.79 Å². The number of imidazole rings is 1. The van der Waals surface area contributed by atoms with Gasteiger partial charge in [0.2, 0.25) is 5.91 Å². The van der Waals surface area contributed by atoms with E-state index in [4.69, 9.17) is 5.26 Å². The third-order valence-electron chi connectivity index (χ3n) is 3.89. The Balaban J connectivity index is 1.81. The summed E-state index contributed by atoms with van der Waals surface area (Å²) < 4.78 is 2.04. The van der Waals surface area contributed by atoms with Gasteiger partial charge in [0.05, 0.1) is 27.5 Å². The minimum Gasteiger partial charge on any atom is -0.324 e. The highest BCUT2D eigenvalue weighted by molar-refractivity contribution is 8.00. The van der Waals surface area contributed by atoms with Crippen molar-refractivity contribution in [2.24, 2.45) is 0 Å². The maximum atomic E-state index is 12.6. The number of allylic oxidation sites excluding steroid dienone is 1. The van der Waals surface area contributed by atoms with Gasteiger partial charge in [-0.05, 0) is 31.2 Å². The SMILES string of the molecule is C=CCn1c(S[C@H](C)C(=O)Nc2ccccc2C#N)nc2ccccc21. The van der Waals surface area contributed by atoms with Crippen molar-refractivity contribution in [1.82, 2.24) is 9.55 Å². The Morgan fingerprint density at radius 1 is 1.35 bits per heavy atom. The van der Waals surface area contributed by atoms with E-state index in [0.29, 0.717) is 17.8 Å². The molecule has 1 aromatic heterocycles. The van der Waals surface area contributed by atoms with Crippen molar-refractivity contribution in [3.8, 4) is 6.07 Å². The van der Waals surface area contributed by atoms with Crippen LogP contribution in [0.5, 0.6) is 0 Å². The van der Waals surface area contributed by atoms with E-state index < -0.39 is 0 Å². The Labute approximate surface area is 156 Å². The van der Waals surface area contributed by atoms with Crippen LogP contribution in [0.1, 0.15) is 12.5 Å². The summed E-state index contributed by atoms with van der Waals surface area (Å²) in [5, 5.41) is 12.4. The standard InChI is InChI=1S/C20H18N4OS/c1-3-12-24-18-11-7-6-10-17(18)23-20(24)26-14(2)19(25)22-16-9-5-4-8-15(16)13-21/h3-11,14H,1,12H2,2H3,(H,22,25)/t14-/m1/s1. The lowest BCUT2D eigenvalue weighted by molar-refractivity contribution is -0.115. The molecule has 1 heterocycles. The van der Waals surface area contributed by atoms with Gasteiger partial charge in [-0.25, -0.2) is 4.98 Å². The van der Waals surface area contributed by atoms with Crippen LogP contribution in [0.25, 0.3) is 11.0 Å². The fourth-order valence-electron chi connectivity index (χ4n) is 2.58. The molecule has 0 unspecified atom stereocenters. The summed E-state index contributed by atoms with van der Waals surface area (Å²) in [6.45, 7) is 6.25. The first kappa shape index (κ1) is 17.8. The fourth-order valence-corrected chi connectivity index (χ4v) is 3.52. The van der Waals surface area contributed by atoms with E-state index in [2.05, 4.69) is 22.9 Å². The van der Waals surface area contributed by atoms with Gasteiger partial charge in [0.15, 0.2) is 5.16 Å². The van der Waals surface area contributed by atoms with Crippen LogP contribution in [-0.4, -0.2) is 20.7 Å². The Morgan fingerprint density at radius 2 is 2.08 bits per heavy atom. The summed E-state index contributed by atoms with van der Waals surface area (Å²) in [6.07, 6.45) is 1.81. The van der Waals surface area contributed by atoms with Crippen LogP contribution >= 0.6 is 11.8 Å². The first-order chi connectivity index (χ1) is 12.6. The summed E-state index contributed by atoms with van der Waals surface area (Å²) in [6, 6.07) is 16.9. The van der Waals surface area contributed by atoms with E-state index in [1.807, 2.05) is 41.8 Å². The van der Waals surface area contributed by atoms with Crippen LogP contribution in [0.3, 0.4) is 0 Å². The topological polar surface area (TPSA) is 70.7 Å². The van der Waals surface area contributed by atoms with Gasteiger partial charge < -0.3 is 9.88 Å². The van der Waals surface area contributed by atoms with Gasteiger partial charge >= 0.3 is 0 Å². The molecule has 3 aromatic rings. The number of thioether (sulfide) groups is 1. The molecule has 3 rings (SSSR count). The number of nitrogens with one attached hydrogen (secondary N) is 1. The number of amides is 1. The molecule has 0 radical (unpaired) electrons. The monoisotopic (exact) mass is 362 g/mol. The summed E-state index contributed by atoms with van der Waals surface area (Å²) >= 11 is 1.39. The number of fused-ring (bicyclic) bond motifs is 1. The third kappa shape index (κ3) is 3.63. The Hall–Kier alpha value is -3.04. The summed E-state index contributed by atoms with van der Waals surface area (Å²) in [5.41, 5.74) is 2.86. The van der Waals surface area contributed by atoms with Crippen LogP contribution in [0.15, 0.2) is 66.3 Å². The average molecular weight is 362 g/mol. The van der Waals surface area contributed by atoms with Crippen LogP contribution in [0.4, 0.5) is 5.69 Å². The van der Waals surface area contributed by atoms with Crippen molar-refractivity contribution in [2.75, 3.05) is 5.32 Å². The molecule has 0 saturated carbocycles. The number of benzene rings is 2. The number of hydrogen-bond acceptors (Lipinski definition) is 4. The number of rotatable bonds is 6. The molecule has 1 N–H and O–H groups in total. The molecule has 0 spiro atoms. The Bertz CT molecular complexity index is 1000. The number of anilines is 1. The smallest absolute Gasteiger partial charge is 0.237 e. The number of para-hydroxylation sites is 3. The van der Waals surface area contributed by atoms with Gasteiger partial charge in [-0.15, -0.1) is 6.58 Å². The zero-order valence-corrected chi connectivity index (χ0v) is 15.2. The molecule has 5 nitrogen and oxygen atoms in total. The molecule has 0 aliphatic heterocycles. The second kappa shape index (κ2) is 7.89. The lowest BCUT2D eigenvalue weighted by Gasteiger charge is -2.13. The number of carbonyl (C=O) groups excluding carboxylic acids is 1. The quantitative estimate of drug-likeness (QED) is 0.527. The van der Waals surface area contributed by atoms with E-state index in [9.17, 15) is 4.79 Å². The zero-order valence-electron chi connectivity index (χ0n) is 14.3. The summed E-state index contributed by atoms with van der Waals surface area (Å²) in [5.74, 6) is -0.171. The number of hydrogen-bond donors (Lipinski definition) is 1.